The van der Waals surface area contributed by atoms with Crippen molar-refractivity contribution in [2.45, 2.75) is 31.3 Å². The summed E-state index contributed by atoms with van der Waals surface area (Å²) in [4.78, 5) is 13.5. The summed E-state index contributed by atoms with van der Waals surface area (Å²) in [7, 11) is -2.10. The maximum Gasteiger partial charge on any atom is 0.410 e. The standard InChI is InChI=1S/C13H23N5O4S/c1-13(2,3)22-12(19)17-5-7-18(8-6-17)23(20,21)10-9-16(4)15-11(10)14/h9H,5-8H2,1-4H3,(H2,14,15). The van der Waals surface area contributed by atoms with Gasteiger partial charge in [-0.15, -0.1) is 0 Å². The summed E-state index contributed by atoms with van der Waals surface area (Å²) in [6.45, 7) is 6.29. The molecule has 0 atom stereocenters. The average molecular weight is 345 g/mol. The van der Waals surface area contributed by atoms with E-state index >= 15 is 0 Å². The molecule has 10 heteroatoms. The van der Waals surface area contributed by atoms with Crippen LogP contribution in [0.15, 0.2) is 11.1 Å². The average Bonchev–Trinajstić information content (AvgIpc) is 2.76. The van der Waals surface area contributed by atoms with Gasteiger partial charge in [0.25, 0.3) is 0 Å². The lowest BCUT2D eigenvalue weighted by molar-refractivity contribution is 0.0192. The first kappa shape index (κ1) is 17.5. The van der Waals surface area contributed by atoms with Crippen LogP contribution in [0.1, 0.15) is 20.8 Å². The van der Waals surface area contributed by atoms with Gasteiger partial charge in [-0.2, -0.15) is 9.40 Å². The maximum absolute atomic E-state index is 12.6. The van der Waals surface area contributed by atoms with Crippen molar-refractivity contribution in [2.24, 2.45) is 7.05 Å². The highest BCUT2D eigenvalue weighted by Crippen LogP contribution is 2.22. The number of rotatable bonds is 2. The zero-order chi connectivity index (χ0) is 17.4. The maximum atomic E-state index is 12.6. The Morgan fingerprint density at radius 1 is 1.26 bits per heavy atom. The van der Waals surface area contributed by atoms with Crippen LogP contribution in [0, 0.1) is 0 Å². The zero-order valence-electron chi connectivity index (χ0n) is 13.8. The lowest BCUT2D eigenvalue weighted by Gasteiger charge is -2.34. The number of aromatic nitrogens is 2. The molecular formula is C13H23N5O4S. The van der Waals surface area contributed by atoms with Crippen LogP contribution in [0.4, 0.5) is 10.6 Å². The number of carbonyl (C=O) groups excluding carboxylic acids is 1. The Morgan fingerprint density at radius 2 is 1.83 bits per heavy atom. The molecule has 0 saturated carbocycles. The molecule has 2 rings (SSSR count). The minimum absolute atomic E-state index is 0.00859. The SMILES string of the molecule is Cn1cc(S(=O)(=O)N2CCN(C(=O)OC(C)(C)C)CC2)c(N)n1. The number of aryl methyl sites for hydroxylation is 1. The summed E-state index contributed by atoms with van der Waals surface area (Å²) in [5, 5.41) is 3.86. The number of sulfonamides is 1. The van der Waals surface area contributed by atoms with Crippen molar-refractivity contribution in [3.8, 4) is 0 Å². The quantitative estimate of drug-likeness (QED) is 0.822. The highest BCUT2D eigenvalue weighted by molar-refractivity contribution is 7.89. The topological polar surface area (TPSA) is 111 Å². The second-order valence-corrected chi connectivity index (χ2v) is 8.33. The van der Waals surface area contributed by atoms with Gasteiger partial charge in [0.2, 0.25) is 10.0 Å². The molecule has 0 unspecified atom stereocenters. The molecule has 0 radical (unpaired) electrons. The Hall–Kier alpha value is -1.81. The summed E-state index contributed by atoms with van der Waals surface area (Å²) < 4.78 is 33.1. The minimum atomic E-state index is -3.71. The number of carbonyl (C=O) groups is 1. The van der Waals surface area contributed by atoms with Gasteiger partial charge < -0.3 is 15.4 Å². The fraction of sp³-hybridized carbons (Fsp3) is 0.692. The fourth-order valence-electron chi connectivity index (χ4n) is 2.26. The third-order valence-electron chi connectivity index (χ3n) is 3.33. The predicted octanol–water partition coefficient (Wildman–Crippen LogP) is 0.244. The predicted molar refractivity (Wildman–Crippen MR) is 84.2 cm³/mol. The number of nitrogen functional groups attached to an aromatic ring is 1. The number of anilines is 1. The molecule has 130 valence electrons. The number of piperazine rings is 1. The Bertz CT molecular complexity index is 684. The van der Waals surface area contributed by atoms with Crippen molar-refractivity contribution >= 4 is 21.9 Å². The molecule has 1 fully saturated rings. The molecule has 2 heterocycles. The molecule has 0 bridgehead atoms. The smallest absolute Gasteiger partial charge is 0.410 e. The van der Waals surface area contributed by atoms with Crippen molar-refractivity contribution in [1.29, 1.82) is 0 Å². The zero-order valence-corrected chi connectivity index (χ0v) is 14.6. The van der Waals surface area contributed by atoms with Crippen LogP contribution in [0.3, 0.4) is 0 Å². The van der Waals surface area contributed by atoms with Gasteiger partial charge in [-0.3, -0.25) is 4.68 Å². The second kappa shape index (κ2) is 6.00. The van der Waals surface area contributed by atoms with E-state index in [1.807, 2.05) is 0 Å². The van der Waals surface area contributed by atoms with Gasteiger partial charge in [-0.25, -0.2) is 13.2 Å². The van der Waals surface area contributed by atoms with E-state index < -0.39 is 21.7 Å². The molecule has 0 spiro atoms. The van der Waals surface area contributed by atoms with Crippen molar-refractivity contribution in [2.75, 3.05) is 31.9 Å². The highest BCUT2D eigenvalue weighted by Gasteiger charge is 2.33. The van der Waals surface area contributed by atoms with Crippen LogP contribution in [-0.4, -0.2) is 65.3 Å². The first-order valence-corrected chi connectivity index (χ1v) is 8.72. The molecule has 1 amide bonds. The van der Waals surface area contributed by atoms with Gasteiger partial charge in [0.05, 0.1) is 0 Å². The molecule has 1 aliphatic heterocycles. The van der Waals surface area contributed by atoms with E-state index in [1.54, 1.807) is 27.8 Å². The van der Waals surface area contributed by atoms with E-state index in [4.69, 9.17) is 10.5 Å². The lowest BCUT2D eigenvalue weighted by atomic mass is 10.2. The largest absolute Gasteiger partial charge is 0.444 e. The van der Waals surface area contributed by atoms with Crippen LogP contribution in [0.2, 0.25) is 0 Å². The van der Waals surface area contributed by atoms with E-state index in [2.05, 4.69) is 5.10 Å². The normalized spacial score (nSPS) is 17.3. The summed E-state index contributed by atoms with van der Waals surface area (Å²) >= 11 is 0. The Labute approximate surface area is 136 Å². The van der Waals surface area contributed by atoms with Crippen molar-refractivity contribution < 1.29 is 17.9 Å². The summed E-state index contributed by atoms with van der Waals surface area (Å²) in [6, 6.07) is 0. The molecule has 1 aliphatic rings. The number of hydrogen-bond acceptors (Lipinski definition) is 6. The van der Waals surface area contributed by atoms with E-state index in [0.29, 0.717) is 0 Å². The van der Waals surface area contributed by atoms with Crippen molar-refractivity contribution in [3.05, 3.63) is 6.20 Å². The van der Waals surface area contributed by atoms with Gasteiger partial charge in [-0.1, -0.05) is 0 Å². The van der Waals surface area contributed by atoms with Crippen LogP contribution in [-0.2, 0) is 21.8 Å². The van der Waals surface area contributed by atoms with Crippen LogP contribution >= 0.6 is 0 Å². The molecule has 2 N–H and O–H groups in total. The number of hydrogen-bond donors (Lipinski definition) is 1. The van der Waals surface area contributed by atoms with Crippen LogP contribution < -0.4 is 5.73 Å². The minimum Gasteiger partial charge on any atom is -0.444 e. The Balaban J connectivity index is 2.04. The lowest BCUT2D eigenvalue weighted by Crippen LogP contribution is -2.51. The Kier molecular flexibility index (Phi) is 4.58. The fourth-order valence-corrected chi connectivity index (χ4v) is 3.77. The number of amides is 1. The molecule has 9 nitrogen and oxygen atoms in total. The summed E-state index contributed by atoms with van der Waals surface area (Å²) in [5.74, 6) is -0.0259. The number of nitrogens with two attached hydrogens (primary N) is 1. The number of nitrogens with zero attached hydrogens (tertiary/aromatic N) is 4. The van der Waals surface area contributed by atoms with Gasteiger partial charge >= 0.3 is 6.09 Å². The molecule has 1 saturated heterocycles. The van der Waals surface area contributed by atoms with Crippen LogP contribution in [0.25, 0.3) is 0 Å². The van der Waals surface area contributed by atoms with Gasteiger partial charge in [0, 0.05) is 39.4 Å². The van der Waals surface area contributed by atoms with E-state index in [9.17, 15) is 13.2 Å². The molecule has 1 aromatic heterocycles. The van der Waals surface area contributed by atoms with Gasteiger partial charge in [0.15, 0.2) is 5.82 Å². The van der Waals surface area contributed by atoms with Gasteiger partial charge in [-0.05, 0) is 20.8 Å². The van der Waals surface area contributed by atoms with Crippen LogP contribution in [0.5, 0.6) is 0 Å². The molecule has 0 aromatic carbocycles. The molecular weight excluding hydrogens is 322 g/mol. The first-order chi connectivity index (χ1) is 10.5. The summed E-state index contributed by atoms with van der Waals surface area (Å²) in [6.07, 6.45) is 0.945. The second-order valence-electron chi connectivity index (χ2n) is 6.42. The highest BCUT2D eigenvalue weighted by atomic mass is 32.2. The van der Waals surface area contributed by atoms with E-state index in [1.165, 1.54) is 20.1 Å². The molecule has 1 aromatic rings. The van der Waals surface area contributed by atoms with E-state index in [-0.39, 0.29) is 36.9 Å². The number of ether oxygens (including phenoxy) is 1. The first-order valence-electron chi connectivity index (χ1n) is 7.28. The van der Waals surface area contributed by atoms with Crippen molar-refractivity contribution in [1.82, 2.24) is 19.0 Å². The summed E-state index contributed by atoms with van der Waals surface area (Å²) in [5.41, 5.74) is 5.08. The molecule has 23 heavy (non-hydrogen) atoms. The third-order valence-corrected chi connectivity index (χ3v) is 5.25. The van der Waals surface area contributed by atoms with Gasteiger partial charge in [0.1, 0.15) is 10.5 Å². The Morgan fingerprint density at radius 3 is 2.26 bits per heavy atom. The third kappa shape index (κ3) is 3.94. The van der Waals surface area contributed by atoms with Crippen molar-refractivity contribution in [3.63, 3.8) is 0 Å². The monoisotopic (exact) mass is 345 g/mol. The molecule has 0 aliphatic carbocycles. The van der Waals surface area contributed by atoms with E-state index in [0.717, 1.165) is 0 Å².